The van der Waals surface area contributed by atoms with Crippen LogP contribution in [0.15, 0.2) is 97.1 Å². The minimum Gasteiger partial charge on any atom is -0.289 e. The van der Waals surface area contributed by atoms with Crippen molar-refractivity contribution in [2.75, 3.05) is 0 Å². The van der Waals surface area contributed by atoms with Crippen LogP contribution in [0.5, 0.6) is 0 Å². The number of carbonyl (C=O) groups is 1. The van der Waals surface area contributed by atoms with E-state index in [1.165, 1.54) is 32.3 Å². The van der Waals surface area contributed by atoms with E-state index in [-0.39, 0.29) is 5.78 Å². The van der Waals surface area contributed by atoms with Gasteiger partial charge in [-0.3, -0.25) is 4.79 Å². The predicted molar refractivity (Wildman–Crippen MR) is 118 cm³/mol. The molecule has 0 heterocycles. The van der Waals surface area contributed by atoms with Crippen molar-refractivity contribution in [2.45, 2.75) is 0 Å². The van der Waals surface area contributed by atoms with E-state index < -0.39 is 0 Å². The molecule has 0 bridgehead atoms. The summed E-state index contributed by atoms with van der Waals surface area (Å²) in [7, 11) is 0. The van der Waals surface area contributed by atoms with Crippen LogP contribution in [-0.4, -0.2) is 5.78 Å². The third-order valence-corrected chi connectivity index (χ3v) is 5.79. The predicted octanol–water partition coefficient (Wildman–Crippen LogP) is 6.97. The third-order valence-electron chi connectivity index (χ3n) is 5.79. The monoisotopic (exact) mass is 356 g/mol. The molecule has 130 valence electrons. The van der Waals surface area contributed by atoms with Crippen LogP contribution in [0, 0.1) is 0 Å². The van der Waals surface area contributed by atoms with Gasteiger partial charge in [0.1, 0.15) is 0 Å². The molecule has 0 radical (unpaired) electrons. The second-order valence-electron chi connectivity index (χ2n) is 7.30. The lowest BCUT2D eigenvalue weighted by Gasteiger charge is -2.16. The summed E-state index contributed by atoms with van der Waals surface area (Å²) in [4.78, 5) is 13.4. The van der Waals surface area contributed by atoms with Crippen molar-refractivity contribution in [1.82, 2.24) is 0 Å². The van der Waals surface area contributed by atoms with E-state index in [0.717, 1.165) is 21.9 Å². The lowest BCUT2D eigenvalue weighted by atomic mass is 9.86. The quantitative estimate of drug-likeness (QED) is 0.186. The van der Waals surface area contributed by atoms with Crippen LogP contribution in [0.2, 0.25) is 0 Å². The summed E-state index contributed by atoms with van der Waals surface area (Å²) < 4.78 is 0. The molecule has 0 unspecified atom stereocenters. The molecular formula is C27H16O. The average molecular weight is 356 g/mol. The zero-order valence-corrected chi connectivity index (χ0v) is 15.1. The summed E-state index contributed by atoms with van der Waals surface area (Å²) in [5.74, 6) is 0.0729. The molecule has 0 spiro atoms. The number of hydrogen-bond donors (Lipinski definition) is 0. The zero-order chi connectivity index (χ0) is 18.7. The number of ketones is 1. The summed E-state index contributed by atoms with van der Waals surface area (Å²) in [6.45, 7) is 0. The topological polar surface area (TPSA) is 17.1 Å². The highest BCUT2D eigenvalue weighted by molar-refractivity contribution is 6.36. The van der Waals surface area contributed by atoms with E-state index in [9.17, 15) is 4.79 Å². The maximum atomic E-state index is 13.4. The van der Waals surface area contributed by atoms with Gasteiger partial charge >= 0.3 is 0 Å². The van der Waals surface area contributed by atoms with Gasteiger partial charge in [0.25, 0.3) is 0 Å². The van der Waals surface area contributed by atoms with E-state index in [1.54, 1.807) is 0 Å². The van der Waals surface area contributed by atoms with Crippen LogP contribution in [0.4, 0.5) is 0 Å². The first-order valence-electron chi connectivity index (χ1n) is 9.51. The van der Waals surface area contributed by atoms with Crippen LogP contribution < -0.4 is 0 Å². The Morgan fingerprint density at radius 2 is 1.07 bits per heavy atom. The smallest absolute Gasteiger partial charge is 0.193 e. The Morgan fingerprint density at radius 1 is 0.464 bits per heavy atom. The summed E-state index contributed by atoms with van der Waals surface area (Å²) in [5, 5.41) is 9.45. The number of benzene rings is 6. The van der Waals surface area contributed by atoms with Crippen molar-refractivity contribution in [3.8, 4) is 0 Å². The molecule has 1 nitrogen and oxygen atoms in total. The van der Waals surface area contributed by atoms with Gasteiger partial charge < -0.3 is 0 Å². The van der Waals surface area contributed by atoms with E-state index in [0.29, 0.717) is 0 Å². The normalized spacial score (nSPS) is 11.7. The Morgan fingerprint density at radius 3 is 1.79 bits per heavy atom. The molecule has 0 amide bonds. The molecule has 28 heavy (non-hydrogen) atoms. The highest BCUT2D eigenvalue weighted by Gasteiger charge is 2.19. The van der Waals surface area contributed by atoms with Crippen LogP contribution in [0.1, 0.15) is 15.9 Å². The largest absolute Gasteiger partial charge is 0.289 e. The average Bonchev–Trinajstić information content (AvgIpc) is 2.77. The molecule has 6 aromatic carbocycles. The number of fused-ring (bicyclic) bond motifs is 2. The molecular weight excluding hydrogens is 340 g/mol. The van der Waals surface area contributed by atoms with Gasteiger partial charge in [-0.15, -0.1) is 0 Å². The van der Waals surface area contributed by atoms with Gasteiger partial charge in [0.2, 0.25) is 0 Å². The van der Waals surface area contributed by atoms with Gasteiger partial charge in [0.05, 0.1) is 0 Å². The van der Waals surface area contributed by atoms with Crippen molar-refractivity contribution in [3.05, 3.63) is 108 Å². The Kier molecular flexibility index (Phi) is 3.09. The fraction of sp³-hybridized carbons (Fsp3) is 0. The second kappa shape index (κ2) is 5.64. The number of hydrogen-bond acceptors (Lipinski definition) is 1. The molecule has 0 aliphatic rings. The van der Waals surface area contributed by atoms with Gasteiger partial charge in [-0.2, -0.15) is 0 Å². The van der Waals surface area contributed by atoms with E-state index in [2.05, 4.69) is 60.7 Å². The lowest BCUT2D eigenvalue weighted by Crippen LogP contribution is -2.03. The van der Waals surface area contributed by atoms with Gasteiger partial charge in [-0.05, 0) is 43.8 Å². The summed E-state index contributed by atoms with van der Waals surface area (Å²) in [6, 6.07) is 32.9. The first kappa shape index (κ1) is 15.4. The highest BCUT2D eigenvalue weighted by Crippen LogP contribution is 2.41. The van der Waals surface area contributed by atoms with Crippen molar-refractivity contribution >= 4 is 48.9 Å². The lowest BCUT2D eigenvalue weighted by molar-refractivity contribution is 0.104. The minimum atomic E-state index is 0.0729. The molecule has 6 aromatic rings. The molecule has 1 heteroatoms. The van der Waals surface area contributed by atoms with Gasteiger partial charge in [0, 0.05) is 16.5 Å². The fourth-order valence-corrected chi connectivity index (χ4v) is 4.59. The maximum Gasteiger partial charge on any atom is 0.193 e. The van der Waals surface area contributed by atoms with Gasteiger partial charge in [0.15, 0.2) is 5.78 Å². The SMILES string of the molecule is O=C(c1ccccc1)c1ccc2cccc3c4cccc5cccc(c1c23)c54. The molecule has 0 saturated heterocycles. The number of carbonyl (C=O) groups excluding carboxylic acids is 1. The summed E-state index contributed by atoms with van der Waals surface area (Å²) >= 11 is 0. The first-order valence-corrected chi connectivity index (χ1v) is 9.51. The van der Waals surface area contributed by atoms with Crippen LogP contribution in [0.25, 0.3) is 43.1 Å². The van der Waals surface area contributed by atoms with Crippen LogP contribution >= 0.6 is 0 Å². The maximum absolute atomic E-state index is 13.4. The van der Waals surface area contributed by atoms with Crippen molar-refractivity contribution in [3.63, 3.8) is 0 Å². The molecule has 0 aliphatic heterocycles. The van der Waals surface area contributed by atoms with Crippen molar-refractivity contribution in [1.29, 1.82) is 0 Å². The van der Waals surface area contributed by atoms with Gasteiger partial charge in [-0.1, -0.05) is 91.0 Å². The molecule has 0 atom stereocenters. The molecule has 0 fully saturated rings. The van der Waals surface area contributed by atoms with E-state index >= 15 is 0 Å². The van der Waals surface area contributed by atoms with E-state index in [1.807, 2.05) is 36.4 Å². The third kappa shape index (κ3) is 1.99. The highest BCUT2D eigenvalue weighted by atomic mass is 16.1. The molecule has 0 N–H and O–H groups in total. The summed E-state index contributed by atoms with van der Waals surface area (Å²) in [6.07, 6.45) is 0. The summed E-state index contributed by atoms with van der Waals surface area (Å²) in [5.41, 5.74) is 1.50. The Balaban J connectivity index is 1.88. The van der Waals surface area contributed by atoms with Crippen LogP contribution in [-0.2, 0) is 0 Å². The first-order chi connectivity index (χ1) is 13.8. The van der Waals surface area contributed by atoms with Crippen molar-refractivity contribution in [2.24, 2.45) is 0 Å². The Labute approximate surface area is 162 Å². The fourth-order valence-electron chi connectivity index (χ4n) is 4.59. The molecule has 0 aromatic heterocycles. The molecule has 0 saturated carbocycles. The standard InChI is InChI=1S/C27H16O/c28-27(19-7-2-1-3-8-19)23-16-15-18-11-5-13-21-20-12-4-9-17-10-6-14-22(24(17)20)26(23)25(18)21/h1-16H. The molecule has 6 rings (SSSR count). The zero-order valence-electron chi connectivity index (χ0n) is 15.1. The number of rotatable bonds is 2. The van der Waals surface area contributed by atoms with E-state index in [4.69, 9.17) is 0 Å². The van der Waals surface area contributed by atoms with Gasteiger partial charge in [-0.25, -0.2) is 0 Å². The minimum absolute atomic E-state index is 0.0729. The van der Waals surface area contributed by atoms with Crippen molar-refractivity contribution < 1.29 is 4.79 Å². The Hall–Kier alpha value is -3.71. The molecule has 0 aliphatic carbocycles. The Bertz CT molecular complexity index is 1500. The second-order valence-corrected chi connectivity index (χ2v) is 7.30. The van der Waals surface area contributed by atoms with Crippen LogP contribution in [0.3, 0.4) is 0 Å².